The third kappa shape index (κ3) is 8.40. The van der Waals surface area contributed by atoms with Gasteiger partial charge in [-0.25, -0.2) is 0 Å². The average molecular weight is 584 g/mol. The highest BCUT2D eigenvalue weighted by Crippen LogP contribution is 2.32. The molecule has 0 aliphatic carbocycles. The number of allylic oxidation sites excluding steroid dienone is 3. The van der Waals surface area contributed by atoms with Gasteiger partial charge >= 0.3 is 5.97 Å². The Hall–Kier alpha value is -4.22. The molecule has 4 N–H and O–H groups in total. The Morgan fingerprint density at radius 1 is 1.14 bits per heavy atom. The second-order valence-corrected chi connectivity index (χ2v) is 10.4. The lowest BCUT2D eigenvalue weighted by atomic mass is 10.00. The lowest BCUT2D eigenvalue weighted by molar-refractivity contribution is -0.156. The van der Waals surface area contributed by atoms with Gasteiger partial charge in [0.2, 0.25) is 0 Å². The molecule has 2 aromatic rings. The summed E-state index contributed by atoms with van der Waals surface area (Å²) in [6.45, 7) is 5.20. The molecule has 1 saturated heterocycles. The molecule has 1 aliphatic rings. The third-order valence-corrected chi connectivity index (χ3v) is 6.98. The van der Waals surface area contributed by atoms with Crippen molar-refractivity contribution in [3.05, 3.63) is 70.2 Å². The Morgan fingerprint density at radius 3 is 2.48 bits per heavy atom. The van der Waals surface area contributed by atoms with Crippen LogP contribution in [0.3, 0.4) is 0 Å². The van der Waals surface area contributed by atoms with Crippen LogP contribution in [0.5, 0.6) is 11.5 Å². The second-order valence-electron chi connectivity index (χ2n) is 10.4. The molecule has 0 amide bonds. The van der Waals surface area contributed by atoms with E-state index in [2.05, 4.69) is 0 Å². The molecule has 0 spiro atoms. The number of aliphatic hydroxyl groups is 2. The van der Waals surface area contributed by atoms with E-state index < -0.39 is 53.4 Å². The zero-order valence-corrected chi connectivity index (χ0v) is 23.9. The summed E-state index contributed by atoms with van der Waals surface area (Å²) in [4.78, 5) is 57.4. The summed E-state index contributed by atoms with van der Waals surface area (Å²) in [5.41, 5.74) is -0.711. The maximum Gasteiger partial charge on any atom is 0.308 e. The van der Waals surface area contributed by atoms with Gasteiger partial charge in [-0.15, -0.1) is 0 Å². The van der Waals surface area contributed by atoms with Gasteiger partial charge in [-0.05, 0) is 50.5 Å². The molecule has 226 valence electrons. The summed E-state index contributed by atoms with van der Waals surface area (Å²) in [5, 5.41) is 41.0. The lowest BCUT2D eigenvalue weighted by Gasteiger charge is -2.26. The van der Waals surface area contributed by atoms with Crippen molar-refractivity contribution in [3.8, 4) is 22.6 Å². The number of phenolic OH excluding ortho intramolecular Hbond substituents is 1. The van der Waals surface area contributed by atoms with E-state index in [0.29, 0.717) is 22.3 Å². The van der Waals surface area contributed by atoms with Crippen molar-refractivity contribution < 1.29 is 44.4 Å². The minimum Gasteiger partial charge on any atom is -0.508 e. The Balaban J connectivity index is 2.08. The van der Waals surface area contributed by atoms with Gasteiger partial charge in [0.1, 0.15) is 28.9 Å². The number of aromatic nitrogens is 1. The van der Waals surface area contributed by atoms with Crippen LogP contribution in [0.25, 0.3) is 11.1 Å². The number of aliphatic hydroxyl groups excluding tert-OH is 2. The Kier molecular flexibility index (Phi) is 11.2. The van der Waals surface area contributed by atoms with Crippen LogP contribution in [-0.2, 0) is 14.3 Å². The van der Waals surface area contributed by atoms with Gasteiger partial charge in [0.15, 0.2) is 11.9 Å². The topological polar surface area (TPSA) is 173 Å². The van der Waals surface area contributed by atoms with Crippen LogP contribution in [0.15, 0.2) is 59.1 Å². The van der Waals surface area contributed by atoms with Crippen molar-refractivity contribution in [1.29, 1.82) is 0 Å². The second kappa shape index (κ2) is 14.6. The first-order valence-electron chi connectivity index (χ1n) is 13.8. The number of ether oxygens (including phenoxy) is 1. The number of nitrogens with zero attached hydrogens (tertiary/aromatic N) is 1. The van der Waals surface area contributed by atoms with Gasteiger partial charge in [-0.3, -0.25) is 19.2 Å². The summed E-state index contributed by atoms with van der Waals surface area (Å²) in [6.07, 6.45) is 2.29. The first-order chi connectivity index (χ1) is 19.9. The third-order valence-electron chi connectivity index (χ3n) is 6.98. The van der Waals surface area contributed by atoms with Crippen molar-refractivity contribution >= 4 is 17.5 Å². The number of hydrogen-bond acceptors (Lipinski definition) is 10. The Morgan fingerprint density at radius 2 is 1.83 bits per heavy atom. The van der Waals surface area contributed by atoms with Crippen molar-refractivity contribution in [2.75, 3.05) is 6.61 Å². The van der Waals surface area contributed by atoms with Crippen molar-refractivity contribution in [2.45, 2.75) is 71.2 Å². The molecule has 1 aromatic carbocycles. The number of ketones is 2. The Bertz CT molecular complexity index is 1400. The molecule has 1 aromatic heterocycles. The number of Topliss-reactive ketones (excluding diaryl/α,β-unsaturated/α-hetero) is 1. The van der Waals surface area contributed by atoms with Gasteiger partial charge in [0, 0.05) is 30.9 Å². The van der Waals surface area contributed by atoms with Crippen LogP contribution < -0.4 is 10.4 Å². The monoisotopic (exact) mass is 583 g/mol. The fourth-order valence-electron chi connectivity index (χ4n) is 4.47. The van der Waals surface area contributed by atoms with Crippen molar-refractivity contribution in [3.63, 3.8) is 0 Å². The number of benzene rings is 1. The Labute approximate surface area is 243 Å². The molecule has 1 fully saturated rings. The maximum atomic E-state index is 13.5. The molecule has 0 saturated carbocycles. The summed E-state index contributed by atoms with van der Waals surface area (Å²) >= 11 is 0. The minimum atomic E-state index is -1.52. The van der Waals surface area contributed by atoms with E-state index in [1.807, 2.05) is 6.92 Å². The quantitative estimate of drug-likeness (QED) is 0.149. The molecule has 1 aliphatic heterocycles. The number of esters is 1. The molecule has 2 heterocycles. The molecule has 0 radical (unpaired) electrons. The lowest BCUT2D eigenvalue weighted by Crippen LogP contribution is -2.44. The number of phenols is 1. The van der Waals surface area contributed by atoms with Gasteiger partial charge in [0.05, 0.1) is 18.7 Å². The summed E-state index contributed by atoms with van der Waals surface area (Å²) in [5.74, 6) is -2.64. The fraction of sp³-hybridized carbons (Fsp3) is 0.419. The first-order valence-corrected chi connectivity index (χ1v) is 13.8. The van der Waals surface area contributed by atoms with Crippen LogP contribution in [0.4, 0.5) is 0 Å². The van der Waals surface area contributed by atoms with Gasteiger partial charge in [-0.1, -0.05) is 36.8 Å². The fourth-order valence-corrected chi connectivity index (χ4v) is 4.47. The molecule has 3 rings (SSSR count). The molecule has 0 bridgehead atoms. The van der Waals surface area contributed by atoms with E-state index >= 15 is 0 Å². The van der Waals surface area contributed by atoms with Crippen molar-refractivity contribution in [2.24, 2.45) is 5.92 Å². The zero-order valence-electron chi connectivity index (χ0n) is 23.9. The summed E-state index contributed by atoms with van der Waals surface area (Å²) in [7, 11) is 0. The van der Waals surface area contributed by atoms with Crippen LogP contribution in [0.1, 0.15) is 63.2 Å². The highest BCUT2D eigenvalue weighted by atomic mass is 16.7. The van der Waals surface area contributed by atoms with E-state index in [9.17, 15) is 39.6 Å². The number of aromatic hydroxyl groups is 2. The molecular weight excluding hydrogens is 546 g/mol. The average Bonchev–Trinajstić information content (AvgIpc) is 2.94. The molecule has 11 heteroatoms. The number of carbonyl (C=O) groups excluding carboxylic acids is 3. The van der Waals surface area contributed by atoms with Crippen LogP contribution >= 0.6 is 0 Å². The van der Waals surface area contributed by atoms with E-state index in [1.165, 1.54) is 30.3 Å². The summed E-state index contributed by atoms with van der Waals surface area (Å²) in [6, 6.07) is 5.61. The van der Waals surface area contributed by atoms with Crippen LogP contribution in [0, 0.1) is 5.92 Å². The first kappa shape index (κ1) is 32.3. The number of hydrogen-bond donors (Lipinski definition) is 4. The van der Waals surface area contributed by atoms with E-state index in [4.69, 9.17) is 9.57 Å². The molecular formula is C31H37NO10. The predicted molar refractivity (Wildman–Crippen MR) is 153 cm³/mol. The largest absolute Gasteiger partial charge is 0.508 e. The van der Waals surface area contributed by atoms with E-state index in [0.717, 1.165) is 12.3 Å². The number of carbonyl (C=O) groups is 3. The minimum absolute atomic E-state index is 0.00106. The SMILES string of the molecule is CCC(C=C(C)C=CC(=O)c1c(O)c(-c2ccc(O)cc2)cn(OC2CC(=O)CCC(C)OC(=O)CC2O)c1=O)CO. The smallest absolute Gasteiger partial charge is 0.308 e. The standard InChI is InChI=1S/C31H37NO10/c1-4-20(17-33)13-18(2)5-12-25(36)29-30(39)24(21-7-10-22(34)11-8-21)16-32(31(29)40)42-27-14-23(35)9-6-19(3)41-28(38)15-26(27)37/h5,7-8,10-13,16,19-20,26-27,33-34,37,39H,4,6,9,14-15,17H2,1-3H3. The van der Waals surface area contributed by atoms with Crippen LogP contribution in [0.2, 0.25) is 0 Å². The highest BCUT2D eigenvalue weighted by Gasteiger charge is 2.31. The summed E-state index contributed by atoms with van der Waals surface area (Å²) < 4.78 is 5.86. The van der Waals surface area contributed by atoms with Gasteiger partial charge in [-0.2, -0.15) is 4.73 Å². The highest BCUT2D eigenvalue weighted by molar-refractivity contribution is 6.07. The zero-order chi connectivity index (χ0) is 31.0. The van der Waals surface area contributed by atoms with Gasteiger partial charge in [0.25, 0.3) is 5.56 Å². The molecule has 4 atom stereocenters. The molecule has 11 nitrogen and oxygen atoms in total. The number of pyridine rings is 1. The van der Waals surface area contributed by atoms with Crippen LogP contribution in [-0.4, -0.2) is 67.6 Å². The van der Waals surface area contributed by atoms with E-state index in [-0.39, 0.29) is 48.9 Å². The normalized spacial score (nSPS) is 21.2. The number of rotatable bonds is 9. The molecule has 42 heavy (non-hydrogen) atoms. The number of cyclic esters (lactones) is 1. The van der Waals surface area contributed by atoms with E-state index in [1.54, 1.807) is 19.9 Å². The van der Waals surface area contributed by atoms with Crippen molar-refractivity contribution in [1.82, 2.24) is 4.73 Å². The molecule has 4 unspecified atom stereocenters. The maximum absolute atomic E-state index is 13.5. The van der Waals surface area contributed by atoms with Gasteiger partial charge < -0.3 is 30.0 Å². The predicted octanol–water partition coefficient (Wildman–Crippen LogP) is 2.86.